The van der Waals surface area contributed by atoms with Gasteiger partial charge in [-0.3, -0.25) is 4.79 Å². The van der Waals surface area contributed by atoms with Crippen LogP contribution in [0.3, 0.4) is 0 Å². The monoisotopic (exact) mass is 287 g/mol. The summed E-state index contributed by atoms with van der Waals surface area (Å²) in [6.45, 7) is 0. The zero-order chi connectivity index (χ0) is 12.4. The molecule has 0 unspecified atom stereocenters. The summed E-state index contributed by atoms with van der Waals surface area (Å²) in [6, 6.07) is 5.27. The van der Waals surface area contributed by atoms with Gasteiger partial charge in [-0.25, -0.2) is 4.98 Å². The van der Waals surface area contributed by atoms with E-state index in [0.717, 1.165) is 0 Å². The van der Waals surface area contributed by atoms with Crippen LogP contribution in [-0.4, -0.2) is 16.1 Å². The van der Waals surface area contributed by atoms with Gasteiger partial charge in [0.15, 0.2) is 0 Å². The Hall–Kier alpha value is -1.10. The molecule has 3 nitrogen and oxygen atoms in total. The molecule has 0 aliphatic heterocycles. The number of rotatable bonds is 3. The summed E-state index contributed by atoms with van der Waals surface area (Å²) in [5.74, 6) is -0.900. The summed E-state index contributed by atoms with van der Waals surface area (Å²) in [4.78, 5) is 14.8. The summed E-state index contributed by atoms with van der Waals surface area (Å²) in [5.41, 5.74) is 1.37. The summed E-state index contributed by atoms with van der Waals surface area (Å²) in [6.07, 6.45) is -0.0805. The molecule has 88 valence electrons. The van der Waals surface area contributed by atoms with Crippen LogP contribution in [-0.2, 0) is 11.2 Å². The zero-order valence-corrected chi connectivity index (χ0v) is 10.8. The highest BCUT2D eigenvalue weighted by Gasteiger charge is 2.11. The van der Waals surface area contributed by atoms with Crippen molar-refractivity contribution in [3.8, 4) is 11.3 Å². The van der Waals surface area contributed by atoms with E-state index >= 15 is 0 Å². The van der Waals surface area contributed by atoms with E-state index in [1.54, 1.807) is 23.6 Å². The van der Waals surface area contributed by atoms with Gasteiger partial charge in [0.2, 0.25) is 0 Å². The second-order valence-electron chi connectivity index (χ2n) is 3.30. The maximum absolute atomic E-state index is 10.6. The normalized spacial score (nSPS) is 10.5. The van der Waals surface area contributed by atoms with E-state index in [1.165, 1.54) is 11.3 Å². The fraction of sp³-hybridized carbons (Fsp3) is 0.0909. The van der Waals surface area contributed by atoms with Crippen molar-refractivity contribution in [1.29, 1.82) is 0 Å². The molecule has 0 bridgehead atoms. The molecule has 0 aliphatic carbocycles. The molecule has 2 aromatic rings. The van der Waals surface area contributed by atoms with Crippen LogP contribution in [0.15, 0.2) is 23.6 Å². The number of carboxylic acid groups (broad SMARTS) is 1. The van der Waals surface area contributed by atoms with Crippen molar-refractivity contribution in [3.05, 3.63) is 38.6 Å². The molecule has 0 amide bonds. The Bertz CT molecular complexity index is 568. The highest BCUT2D eigenvalue weighted by molar-refractivity contribution is 7.10. The molecule has 6 heteroatoms. The van der Waals surface area contributed by atoms with Gasteiger partial charge < -0.3 is 5.11 Å². The second-order valence-corrected chi connectivity index (χ2v) is 5.03. The Kier molecular flexibility index (Phi) is 3.66. The number of benzene rings is 1. The molecule has 0 fully saturated rings. The topological polar surface area (TPSA) is 50.2 Å². The lowest BCUT2D eigenvalue weighted by molar-refractivity contribution is -0.136. The highest BCUT2D eigenvalue weighted by atomic mass is 35.5. The molecule has 2 rings (SSSR count). The summed E-state index contributed by atoms with van der Waals surface area (Å²) in [7, 11) is 0. The quantitative estimate of drug-likeness (QED) is 0.935. The number of nitrogens with zero attached hydrogens (tertiary/aromatic N) is 1. The van der Waals surface area contributed by atoms with Crippen molar-refractivity contribution in [1.82, 2.24) is 4.98 Å². The van der Waals surface area contributed by atoms with Crippen LogP contribution in [0.2, 0.25) is 10.0 Å². The summed E-state index contributed by atoms with van der Waals surface area (Å²) < 4.78 is 0. The molecule has 17 heavy (non-hydrogen) atoms. The van der Waals surface area contributed by atoms with Crippen molar-refractivity contribution >= 4 is 40.5 Å². The average molecular weight is 288 g/mol. The summed E-state index contributed by atoms with van der Waals surface area (Å²) >= 11 is 13.3. The molecule has 0 saturated heterocycles. The maximum Gasteiger partial charge on any atom is 0.310 e. The Balaban J connectivity index is 2.37. The van der Waals surface area contributed by atoms with Gasteiger partial charge in [0.05, 0.1) is 22.2 Å². The molecule has 1 N–H and O–H groups in total. The Morgan fingerprint density at radius 1 is 1.41 bits per heavy atom. The molecule has 0 radical (unpaired) electrons. The van der Waals surface area contributed by atoms with Crippen molar-refractivity contribution in [2.75, 3.05) is 0 Å². The van der Waals surface area contributed by atoms with Crippen LogP contribution < -0.4 is 0 Å². The van der Waals surface area contributed by atoms with E-state index in [4.69, 9.17) is 28.3 Å². The molecule has 0 saturated carbocycles. The molecule has 0 atom stereocenters. The van der Waals surface area contributed by atoms with Crippen LogP contribution in [0, 0.1) is 0 Å². The van der Waals surface area contributed by atoms with E-state index in [-0.39, 0.29) is 6.42 Å². The fourth-order valence-electron chi connectivity index (χ4n) is 1.35. The van der Waals surface area contributed by atoms with Crippen molar-refractivity contribution in [2.45, 2.75) is 6.42 Å². The molecule has 0 spiro atoms. The minimum atomic E-state index is -0.900. The minimum absolute atomic E-state index is 0.0805. The Morgan fingerprint density at radius 3 is 2.88 bits per heavy atom. The van der Waals surface area contributed by atoms with Crippen LogP contribution in [0.1, 0.15) is 5.01 Å². The molecule has 1 heterocycles. The predicted molar refractivity (Wildman–Crippen MR) is 68.9 cm³/mol. The number of carbonyl (C=O) groups is 1. The molecule has 0 aliphatic rings. The lowest BCUT2D eigenvalue weighted by Gasteiger charge is -2.01. The van der Waals surface area contributed by atoms with Crippen molar-refractivity contribution in [2.24, 2.45) is 0 Å². The third kappa shape index (κ3) is 2.77. The molecule has 1 aromatic heterocycles. The predicted octanol–water partition coefficient (Wildman–Crippen LogP) is 3.74. The minimum Gasteiger partial charge on any atom is -0.481 e. The first-order valence-electron chi connectivity index (χ1n) is 4.68. The van der Waals surface area contributed by atoms with Gasteiger partial charge in [0.1, 0.15) is 5.01 Å². The Labute approximate surface area is 112 Å². The first kappa shape index (κ1) is 12.4. The number of thiazole rings is 1. The SMILES string of the molecule is O=C(O)Cc1nc(-c2cccc(Cl)c2Cl)cs1. The van der Waals surface area contributed by atoms with Crippen LogP contribution in [0.25, 0.3) is 11.3 Å². The maximum atomic E-state index is 10.6. The van der Waals surface area contributed by atoms with E-state index in [1.807, 2.05) is 0 Å². The van der Waals surface area contributed by atoms with Crippen molar-refractivity contribution in [3.63, 3.8) is 0 Å². The summed E-state index contributed by atoms with van der Waals surface area (Å²) in [5, 5.41) is 11.9. The molecule has 1 aromatic carbocycles. The van der Waals surface area contributed by atoms with Gasteiger partial charge in [0, 0.05) is 10.9 Å². The third-order valence-corrected chi connectivity index (χ3v) is 3.75. The van der Waals surface area contributed by atoms with Gasteiger partial charge >= 0.3 is 5.97 Å². The van der Waals surface area contributed by atoms with Gasteiger partial charge in [-0.1, -0.05) is 35.3 Å². The standard InChI is InChI=1S/C11H7Cl2NO2S/c12-7-3-1-2-6(11(7)13)8-5-17-9(14-8)4-10(15)16/h1-3,5H,4H2,(H,15,16). The van der Waals surface area contributed by atoms with Crippen molar-refractivity contribution < 1.29 is 9.90 Å². The average Bonchev–Trinajstić information content (AvgIpc) is 2.69. The van der Waals surface area contributed by atoms with E-state index in [2.05, 4.69) is 4.98 Å². The van der Waals surface area contributed by atoms with Crippen LogP contribution in [0.4, 0.5) is 0 Å². The fourth-order valence-corrected chi connectivity index (χ4v) is 2.53. The third-order valence-electron chi connectivity index (χ3n) is 2.08. The number of hydrogen-bond acceptors (Lipinski definition) is 3. The van der Waals surface area contributed by atoms with Crippen LogP contribution in [0.5, 0.6) is 0 Å². The molecular weight excluding hydrogens is 281 g/mol. The number of halogens is 2. The second kappa shape index (κ2) is 5.04. The Morgan fingerprint density at radius 2 is 2.18 bits per heavy atom. The van der Waals surface area contributed by atoms with Gasteiger partial charge in [-0.2, -0.15) is 0 Å². The number of carboxylic acids is 1. The number of hydrogen-bond donors (Lipinski definition) is 1. The number of aliphatic carboxylic acids is 1. The van der Waals surface area contributed by atoms with Gasteiger partial charge in [0.25, 0.3) is 0 Å². The van der Waals surface area contributed by atoms with E-state index in [9.17, 15) is 4.79 Å². The lowest BCUT2D eigenvalue weighted by atomic mass is 10.2. The first-order valence-corrected chi connectivity index (χ1v) is 6.32. The largest absolute Gasteiger partial charge is 0.481 e. The first-order chi connectivity index (χ1) is 8.08. The lowest BCUT2D eigenvalue weighted by Crippen LogP contribution is -1.99. The van der Waals surface area contributed by atoms with E-state index in [0.29, 0.717) is 26.3 Å². The highest BCUT2D eigenvalue weighted by Crippen LogP contribution is 2.33. The van der Waals surface area contributed by atoms with E-state index < -0.39 is 5.97 Å². The van der Waals surface area contributed by atoms with Gasteiger partial charge in [-0.15, -0.1) is 11.3 Å². The number of aromatic nitrogens is 1. The zero-order valence-electron chi connectivity index (χ0n) is 8.48. The van der Waals surface area contributed by atoms with Gasteiger partial charge in [-0.05, 0) is 6.07 Å². The molecular formula is C11H7Cl2NO2S. The van der Waals surface area contributed by atoms with Crippen LogP contribution >= 0.6 is 34.5 Å². The smallest absolute Gasteiger partial charge is 0.310 e.